The molecule has 0 aliphatic heterocycles. The molecule has 0 spiro atoms. The van der Waals surface area contributed by atoms with Gasteiger partial charge in [0.1, 0.15) is 24.8 Å². The Balaban J connectivity index is 2.13. The maximum atomic E-state index is 13.2. The number of rotatable bonds is 3. The first-order valence-corrected chi connectivity index (χ1v) is 6.24. The topological polar surface area (TPSA) is 53.2 Å². The van der Waals surface area contributed by atoms with Crippen molar-refractivity contribution in [2.45, 2.75) is 6.61 Å². The van der Waals surface area contributed by atoms with Crippen LogP contribution in [0.5, 0.6) is 5.75 Å². The molecule has 0 saturated carbocycles. The fourth-order valence-electron chi connectivity index (χ4n) is 1.71. The summed E-state index contributed by atoms with van der Waals surface area (Å²) < 4.78 is 18.8. The average molecular weight is 281 g/mol. The summed E-state index contributed by atoms with van der Waals surface area (Å²) in [6.07, 6.45) is 0. The molecular formula is C17H12FNO2. The molecule has 4 heteroatoms. The summed E-state index contributed by atoms with van der Waals surface area (Å²) >= 11 is 0. The molecular weight excluding hydrogens is 269 g/mol. The van der Waals surface area contributed by atoms with Gasteiger partial charge in [-0.05, 0) is 36.4 Å². The van der Waals surface area contributed by atoms with E-state index in [2.05, 4.69) is 11.8 Å². The third kappa shape index (κ3) is 4.07. The van der Waals surface area contributed by atoms with Crippen molar-refractivity contribution in [3.8, 4) is 23.7 Å². The van der Waals surface area contributed by atoms with Crippen LogP contribution in [-0.2, 0) is 6.61 Å². The smallest absolute Gasteiger partial charge is 0.124 e. The molecule has 0 amide bonds. The molecule has 3 nitrogen and oxygen atoms in total. The molecule has 1 N–H and O–H groups in total. The Hall–Kier alpha value is -2.82. The number of aliphatic hydroxyl groups is 1. The fourth-order valence-corrected chi connectivity index (χ4v) is 1.71. The van der Waals surface area contributed by atoms with Gasteiger partial charge in [0.05, 0.1) is 11.6 Å². The zero-order valence-electron chi connectivity index (χ0n) is 11.1. The van der Waals surface area contributed by atoms with Gasteiger partial charge in [0, 0.05) is 11.1 Å². The Kier molecular flexibility index (Phi) is 4.93. The van der Waals surface area contributed by atoms with Gasteiger partial charge < -0.3 is 9.84 Å². The van der Waals surface area contributed by atoms with Crippen molar-refractivity contribution in [2.75, 3.05) is 6.61 Å². The predicted octanol–water partition coefficient (Wildman–Crippen LogP) is 2.62. The van der Waals surface area contributed by atoms with E-state index in [9.17, 15) is 4.39 Å². The highest BCUT2D eigenvalue weighted by Crippen LogP contribution is 2.16. The van der Waals surface area contributed by atoms with Crippen molar-refractivity contribution in [3.05, 3.63) is 65.0 Å². The molecule has 0 radical (unpaired) electrons. The van der Waals surface area contributed by atoms with E-state index < -0.39 is 0 Å². The first kappa shape index (κ1) is 14.6. The summed E-state index contributed by atoms with van der Waals surface area (Å²) in [6.45, 7) is -0.0615. The Bertz CT molecular complexity index is 721. The number of ether oxygens (including phenoxy) is 1. The van der Waals surface area contributed by atoms with Gasteiger partial charge in [-0.1, -0.05) is 17.9 Å². The van der Waals surface area contributed by atoms with Gasteiger partial charge in [-0.25, -0.2) is 4.39 Å². The minimum Gasteiger partial charge on any atom is -0.489 e. The Labute approximate surface area is 122 Å². The van der Waals surface area contributed by atoms with Crippen molar-refractivity contribution >= 4 is 0 Å². The zero-order valence-corrected chi connectivity index (χ0v) is 11.1. The number of nitriles is 1. The summed E-state index contributed by atoms with van der Waals surface area (Å²) in [5.74, 6) is 5.41. The minimum absolute atomic E-state index is 0.224. The first-order valence-electron chi connectivity index (χ1n) is 6.24. The van der Waals surface area contributed by atoms with E-state index >= 15 is 0 Å². The van der Waals surface area contributed by atoms with Crippen LogP contribution in [0.25, 0.3) is 0 Å². The van der Waals surface area contributed by atoms with Crippen molar-refractivity contribution < 1.29 is 14.2 Å². The van der Waals surface area contributed by atoms with Crippen LogP contribution < -0.4 is 4.74 Å². The number of halogens is 1. The molecule has 0 bridgehead atoms. The summed E-state index contributed by atoms with van der Waals surface area (Å²) in [5.41, 5.74) is 1.76. The summed E-state index contributed by atoms with van der Waals surface area (Å²) in [7, 11) is 0. The summed E-state index contributed by atoms with van der Waals surface area (Å²) in [6, 6.07) is 13.0. The van der Waals surface area contributed by atoms with E-state index in [1.807, 2.05) is 6.07 Å². The van der Waals surface area contributed by atoms with Crippen molar-refractivity contribution in [1.82, 2.24) is 0 Å². The first-order chi connectivity index (χ1) is 10.2. The third-order valence-electron chi connectivity index (χ3n) is 2.75. The van der Waals surface area contributed by atoms with Crippen molar-refractivity contribution in [3.63, 3.8) is 0 Å². The van der Waals surface area contributed by atoms with Gasteiger partial charge in [0.15, 0.2) is 0 Å². The lowest BCUT2D eigenvalue weighted by Crippen LogP contribution is -1.99. The highest BCUT2D eigenvalue weighted by atomic mass is 19.1. The lowest BCUT2D eigenvalue weighted by Gasteiger charge is -2.08. The van der Waals surface area contributed by atoms with Gasteiger partial charge in [-0.3, -0.25) is 0 Å². The molecule has 104 valence electrons. The number of benzene rings is 2. The second-order valence-electron chi connectivity index (χ2n) is 4.19. The standard InChI is InChI=1S/C17H12FNO2/c18-16-6-5-15(14(10-16)2-1-9-20)12-21-17-7-3-13(11-19)4-8-17/h3-8,10,20H,9,12H2. The van der Waals surface area contributed by atoms with Crippen LogP contribution in [0.1, 0.15) is 16.7 Å². The van der Waals surface area contributed by atoms with Crippen molar-refractivity contribution in [2.24, 2.45) is 0 Å². The van der Waals surface area contributed by atoms with E-state index in [-0.39, 0.29) is 19.0 Å². The second kappa shape index (κ2) is 7.09. The molecule has 0 aliphatic carbocycles. The van der Waals surface area contributed by atoms with Gasteiger partial charge in [0.25, 0.3) is 0 Å². The monoisotopic (exact) mass is 281 g/mol. The van der Waals surface area contributed by atoms with Crippen molar-refractivity contribution in [1.29, 1.82) is 5.26 Å². The molecule has 2 aromatic carbocycles. The lowest BCUT2D eigenvalue weighted by molar-refractivity contribution is 0.305. The normalized spacial score (nSPS) is 9.38. The molecule has 21 heavy (non-hydrogen) atoms. The second-order valence-corrected chi connectivity index (χ2v) is 4.19. The van der Waals surface area contributed by atoms with E-state index in [1.54, 1.807) is 30.3 Å². The highest BCUT2D eigenvalue weighted by Gasteiger charge is 2.04. The van der Waals surface area contributed by atoms with Gasteiger partial charge in [0.2, 0.25) is 0 Å². The van der Waals surface area contributed by atoms with Crippen LogP contribution in [0.4, 0.5) is 4.39 Å². The Morgan fingerprint density at radius 1 is 1.14 bits per heavy atom. The van der Waals surface area contributed by atoms with Gasteiger partial charge in [-0.2, -0.15) is 5.26 Å². The van der Waals surface area contributed by atoms with Crippen LogP contribution in [0.15, 0.2) is 42.5 Å². The quantitative estimate of drug-likeness (QED) is 0.880. The van der Waals surface area contributed by atoms with Crippen LogP contribution in [0.3, 0.4) is 0 Å². The average Bonchev–Trinajstić information content (AvgIpc) is 2.52. The molecule has 2 aromatic rings. The number of aliphatic hydroxyl groups excluding tert-OH is 1. The molecule has 0 aliphatic rings. The molecule has 2 rings (SSSR count). The zero-order chi connectivity index (χ0) is 15.1. The highest BCUT2D eigenvalue weighted by molar-refractivity contribution is 5.42. The third-order valence-corrected chi connectivity index (χ3v) is 2.75. The summed E-state index contributed by atoms with van der Waals surface area (Å²) in [5, 5.41) is 17.4. The number of nitrogens with zero attached hydrogens (tertiary/aromatic N) is 1. The molecule has 0 fully saturated rings. The summed E-state index contributed by atoms with van der Waals surface area (Å²) in [4.78, 5) is 0. The fraction of sp³-hybridized carbons (Fsp3) is 0.118. The molecule has 0 atom stereocenters. The van der Waals surface area contributed by atoms with E-state index in [0.29, 0.717) is 16.9 Å². The lowest BCUT2D eigenvalue weighted by atomic mass is 10.1. The van der Waals surface area contributed by atoms with E-state index in [1.165, 1.54) is 12.1 Å². The molecule has 0 aromatic heterocycles. The van der Waals surface area contributed by atoms with Crippen LogP contribution in [-0.4, -0.2) is 11.7 Å². The largest absolute Gasteiger partial charge is 0.489 e. The molecule has 0 heterocycles. The van der Waals surface area contributed by atoms with Gasteiger partial charge >= 0.3 is 0 Å². The maximum Gasteiger partial charge on any atom is 0.124 e. The Morgan fingerprint density at radius 2 is 1.90 bits per heavy atom. The predicted molar refractivity (Wildman–Crippen MR) is 75.9 cm³/mol. The SMILES string of the molecule is N#Cc1ccc(OCc2ccc(F)cc2C#CCO)cc1. The van der Waals surface area contributed by atoms with E-state index in [0.717, 1.165) is 5.56 Å². The Morgan fingerprint density at radius 3 is 2.57 bits per heavy atom. The van der Waals surface area contributed by atoms with Crippen LogP contribution in [0.2, 0.25) is 0 Å². The van der Waals surface area contributed by atoms with E-state index in [4.69, 9.17) is 15.1 Å². The maximum absolute atomic E-state index is 13.2. The van der Waals surface area contributed by atoms with Gasteiger partial charge in [-0.15, -0.1) is 0 Å². The number of hydrogen-bond acceptors (Lipinski definition) is 3. The minimum atomic E-state index is -0.389. The van der Waals surface area contributed by atoms with Crippen LogP contribution >= 0.6 is 0 Å². The molecule has 0 saturated heterocycles. The van der Waals surface area contributed by atoms with Crippen LogP contribution in [0, 0.1) is 29.0 Å². The number of hydrogen-bond donors (Lipinski definition) is 1. The molecule has 0 unspecified atom stereocenters.